The minimum Gasteiger partial charge on any atom is -0.123 e. The van der Waals surface area contributed by atoms with Crippen molar-refractivity contribution >= 4 is 11.6 Å². The van der Waals surface area contributed by atoms with Crippen molar-refractivity contribution in [3.05, 3.63) is 0 Å². The number of hydrogen-bond acceptors (Lipinski definition) is 0. The van der Waals surface area contributed by atoms with Gasteiger partial charge in [-0.3, -0.25) is 0 Å². The van der Waals surface area contributed by atoms with Crippen LogP contribution in [0.4, 0.5) is 0 Å². The molecule has 0 radical (unpaired) electrons. The maximum absolute atomic E-state index is 6.59. The molecule has 0 N–H and O–H groups in total. The van der Waals surface area contributed by atoms with Gasteiger partial charge < -0.3 is 0 Å². The Balaban J connectivity index is 1.86. The predicted molar refractivity (Wildman–Crippen MR) is 72.0 cm³/mol. The lowest BCUT2D eigenvalue weighted by Gasteiger charge is -2.35. The zero-order valence-corrected chi connectivity index (χ0v) is 11.5. The number of alkyl halides is 1. The van der Waals surface area contributed by atoms with Crippen LogP contribution in [0.2, 0.25) is 0 Å². The molecule has 2 unspecified atom stereocenters. The summed E-state index contributed by atoms with van der Waals surface area (Å²) in [6, 6.07) is 0. The lowest BCUT2D eigenvalue weighted by molar-refractivity contribution is 0.189. The van der Waals surface area contributed by atoms with Gasteiger partial charge in [-0.25, -0.2) is 0 Å². The summed E-state index contributed by atoms with van der Waals surface area (Å²) < 4.78 is 0. The molecule has 0 aromatic heterocycles. The van der Waals surface area contributed by atoms with Crippen molar-refractivity contribution < 1.29 is 0 Å². The van der Waals surface area contributed by atoms with E-state index >= 15 is 0 Å². The van der Waals surface area contributed by atoms with E-state index in [0.29, 0.717) is 5.38 Å². The monoisotopic (exact) mass is 242 g/mol. The summed E-state index contributed by atoms with van der Waals surface area (Å²) in [6.07, 6.45) is 14.2. The standard InChI is InChI=1S/C15H27Cl/c1-2-12-8-10-13(11-9-12)14-6-4-3-5-7-15(14)16/h12-15H,2-11H2,1H3. The first kappa shape index (κ1) is 12.7. The van der Waals surface area contributed by atoms with Crippen LogP contribution in [0.15, 0.2) is 0 Å². The first-order chi connectivity index (χ1) is 7.81. The van der Waals surface area contributed by atoms with E-state index in [4.69, 9.17) is 11.6 Å². The van der Waals surface area contributed by atoms with Crippen LogP contribution in [0.1, 0.15) is 71.1 Å². The zero-order chi connectivity index (χ0) is 11.4. The normalized spacial score (nSPS) is 41.6. The van der Waals surface area contributed by atoms with Crippen LogP contribution in [0.25, 0.3) is 0 Å². The van der Waals surface area contributed by atoms with E-state index in [0.717, 1.165) is 17.8 Å². The molecule has 0 nitrogen and oxygen atoms in total. The van der Waals surface area contributed by atoms with Gasteiger partial charge in [-0.1, -0.05) is 45.4 Å². The van der Waals surface area contributed by atoms with Crippen molar-refractivity contribution in [3.63, 3.8) is 0 Å². The third-order valence-corrected chi connectivity index (χ3v) is 5.60. The zero-order valence-electron chi connectivity index (χ0n) is 10.8. The largest absolute Gasteiger partial charge is 0.123 e. The van der Waals surface area contributed by atoms with E-state index in [2.05, 4.69) is 6.92 Å². The molecule has 0 amide bonds. The fourth-order valence-corrected chi connectivity index (χ4v) is 4.33. The SMILES string of the molecule is CCC1CCC(C2CCCCCC2Cl)CC1. The van der Waals surface area contributed by atoms with Crippen LogP contribution < -0.4 is 0 Å². The summed E-state index contributed by atoms with van der Waals surface area (Å²) >= 11 is 6.59. The highest BCUT2D eigenvalue weighted by Crippen LogP contribution is 2.41. The third-order valence-electron chi connectivity index (χ3n) is 5.06. The average Bonchev–Trinajstić information content (AvgIpc) is 2.54. The number of rotatable bonds is 2. The highest BCUT2D eigenvalue weighted by molar-refractivity contribution is 6.20. The summed E-state index contributed by atoms with van der Waals surface area (Å²) in [7, 11) is 0. The van der Waals surface area contributed by atoms with Crippen molar-refractivity contribution in [1.29, 1.82) is 0 Å². The van der Waals surface area contributed by atoms with Crippen molar-refractivity contribution in [2.45, 2.75) is 76.5 Å². The Morgan fingerprint density at radius 3 is 2.25 bits per heavy atom. The fourth-order valence-electron chi connectivity index (χ4n) is 3.85. The quantitative estimate of drug-likeness (QED) is 0.450. The van der Waals surface area contributed by atoms with Gasteiger partial charge in [0.2, 0.25) is 0 Å². The second-order valence-corrected chi connectivity index (χ2v) is 6.57. The topological polar surface area (TPSA) is 0 Å². The van der Waals surface area contributed by atoms with Gasteiger partial charge in [-0.15, -0.1) is 11.6 Å². The van der Waals surface area contributed by atoms with Crippen LogP contribution in [-0.4, -0.2) is 5.38 Å². The smallest absolute Gasteiger partial charge is 0.0366 e. The van der Waals surface area contributed by atoms with E-state index < -0.39 is 0 Å². The third kappa shape index (κ3) is 3.15. The Bertz CT molecular complexity index is 194. The van der Waals surface area contributed by atoms with Gasteiger partial charge in [0, 0.05) is 5.38 Å². The number of hydrogen-bond donors (Lipinski definition) is 0. The van der Waals surface area contributed by atoms with Gasteiger partial charge in [0.15, 0.2) is 0 Å². The molecule has 1 heteroatoms. The van der Waals surface area contributed by atoms with Gasteiger partial charge in [0.1, 0.15) is 0 Å². The summed E-state index contributed by atoms with van der Waals surface area (Å²) in [6.45, 7) is 2.35. The molecule has 0 bridgehead atoms. The Labute approximate surface area is 106 Å². The molecule has 2 atom stereocenters. The first-order valence-corrected chi connectivity index (χ1v) is 7.89. The Hall–Kier alpha value is 0.290. The highest BCUT2D eigenvalue weighted by atomic mass is 35.5. The summed E-state index contributed by atoms with van der Waals surface area (Å²) in [5.74, 6) is 2.83. The Morgan fingerprint density at radius 1 is 0.875 bits per heavy atom. The second kappa shape index (κ2) is 6.28. The van der Waals surface area contributed by atoms with Gasteiger partial charge in [0.05, 0.1) is 0 Å². The molecule has 2 aliphatic rings. The molecule has 2 fully saturated rings. The molecule has 0 aromatic rings. The molecule has 2 aliphatic carbocycles. The van der Waals surface area contributed by atoms with Crippen LogP contribution >= 0.6 is 11.6 Å². The molecule has 0 heterocycles. The average molecular weight is 243 g/mol. The minimum absolute atomic E-state index is 0.491. The molecule has 0 saturated heterocycles. The van der Waals surface area contributed by atoms with Crippen molar-refractivity contribution in [1.82, 2.24) is 0 Å². The molecule has 0 aromatic carbocycles. The van der Waals surface area contributed by atoms with Gasteiger partial charge in [0.25, 0.3) is 0 Å². The van der Waals surface area contributed by atoms with Crippen LogP contribution in [0, 0.1) is 17.8 Å². The van der Waals surface area contributed by atoms with E-state index in [-0.39, 0.29) is 0 Å². The molecule has 0 spiro atoms. The van der Waals surface area contributed by atoms with E-state index in [9.17, 15) is 0 Å². The first-order valence-electron chi connectivity index (χ1n) is 7.45. The fraction of sp³-hybridized carbons (Fsp3) is 1.00. The summed E-state index contributed by atoms with van der Waals surface area (Å²) in [5.41, 5.74) is 0. The lowest BCUT2D eigenvalue weighted by atomic mass is 9.73. The van der Waals surface area contributed by atoms with Crippen molar-refractivity contribution in [2.24, 2.45) is 17.8 Å². The molecule has 2 rings (SSSR count). The Kier molecular flexibility index (Phi) is 5.00. The molecular formula is C15H27Cl. The molecule has 94 valence electrons. The second-order valence-electron chi connectivity index (χ2n) is 6.01. The lowest BCUT2D eigenvalue weighted by Crippen LogP contribution is -2.27. The van der Waals surface area contributed by atoms with Gasteiger partial charge in [-0.05, 0) is 43.4 Å². The molecule has 16 heavy (non-hydrogen) atoms. The summed E-state index contributed by atoms with van der Waals surface area (Å²) in [5, 5.41) is 0.491. The highest BCUT2D eigenvalue weighted by Gasteiger charge is 2.31. The minimum atomic E-state index is 0.491. The molecule has 0 aliphatic heterocycles. The van der Waals surface area contributed by atoms with Crippen LogP contribution in [-0.2, 0) is 0 Å². The van der Waals surface area contributed by atoms with Crippen LogP contribution in [0.5, 0.6) is 0 Å². The number of halogens is 1. The maximum Gasteiger partial charge on any atom is 0.0366 e. The van der Waals surface area contributed by atoms with Gasteiger partial charge in [-0.2, -0.15) is 0 Å². The molecular weight excluding hydrogens is 216 g/mol. The van der Waals surface area contributed by atoms with E-state index in [1.165, 1.54) is 64.2 Å². The van der Waals surface area contributed by atoms with Gasteiger partial charge >= 0.3 is 0 Å². The maximum atomic E-state index is 6.59. The van der Waals surface area contributed by atoms with Crippen LogP contribution in [0.3, 0.4) is 0 Å². The van der Waals surface area contributed by atoms with Crippen molar-refractivity contribution in [2.75, 3.05) is 0 Å². The van der Waals surface area contributed by atoms with Crippen molar-refractivity contribution in [3.8, 4) is 0 Å². The molecule has 2 saturated carbocycles. The van der Waals surface area contributed by atoms with E-state index in [1.807, 2.05) is 0 Å². The predicted octanol–water partition coefficient (Wildman–Crippen LogP) is 5.39. The Morgan fingerprint density at radius 2 is 1.56 bits per heavy atom. The van der Waals surface area contributed by atoms with E-state index in [1.54, 1.807) is 0 Å². The summed E-state index contributed by atoms with van der Waals surface area (Å²) in [4.78, 5) is 0.